The molecular formula is C17H16FN3O5. The molecule has 0 bridgehead atoms. The van der Waals surface area contributed by atoms with E-state index in [4.69, 9.17) is 4.74 Å². The molecule has 0 spiro atoms. The molecule has 1 aromatic heterocycles. The number of halogens is 1. The summed E-state index contributed by atoms with van der Waals surface area (Å²) in [5, 5.41) is 4.59. The van der Waals surface area contributed by atoms with E-state index in [2.05, 4.69) is 15.0 Å². The number of aromatic nitrogens is 1. The second kappa shape index (κ2) is 9.11. The molecule has 9 heteroatoms. The molecule has 0 aliphatic rings. The number of nitrogens with zero attached hydrogens (tertiary/aromatic N) is 1. The van der Waals surface area contributed by atoms with E-state index in [1.54, 1.807) is 13.0 Å². The Morgan fingerprint density at radius 2 is 1.88 bits per heavy atom. The topological polar surface area (TPSA) is 107 Å². The van der Waals surface area contributed by atoms with Crippen molar-refractivity contribution in [2.75, 3.05) is 18.5 Å². The molecule has 0 unspecified atom stereocenters. The molecule has 0 aliphatic carbocycles. The highest BCUT2D eigenvalue weighted by molar-refractivity contribution is 5.98. The van der Waals surface area contributed by atoms with Crippen LogP contribution in [0, 0.1) is 5.82 Å². The number of hydrogen-bond donors (Lipinski definition) is 2. The van der Waals surface area contributed by atoms with Crippen molar-refractivity contribution < 1.29 is 28.2 Å². The Hall–Kier alpha value is -3.49. The maximum absolute atomic E-state index is 13.7. The fraction of sp³-hybridized carbons (Fsp3) is 0.176. The van der Waals surface area contributed by atoms with Gasteiger partial charge in [-0.2, -0.15) is 0 Å². The van der Waals surface area contributed by atoms with Gasteiger partial charge in [0.2, 0.25) is 0 Å². The fourth-order valence-corrected chi connectivity index (χ4v) is 1.89. The van der Waals surface area contributed by atoms with Crippen LogP contribution < -0.4 is 10.6 Å². The predicted octanol–water partition coefficient (Wildman–Crippen LogP) is 2.39. The standard InChI is InChI=1S/C17H16FN3O5/c1-2-25-17(24)21-14(22)10-26-16(23)11-6-5-9-19-15(11)20-13-8-4-3-7-12(13)18/h3-9H,2,10H2,1H3,(H,19,20)(H,21,22,24). The Morgan fingerprint density at radius 3 is 2.62 bits per heavy atom. The van der Waals surface area contributed by atoms with Crippen LogP contribution in [0.1, 0.15) is 17.3 Å². The lowest BCUT2D eigenvalue weighted by Gasteiger charge is -2.11. The first kappa shape index (κ1) is 18.8. The van der Waals surface area contributed by atoms with Gasteiger partial charge in [0, 0.05) is 6.20 Å². The molecule has 26 heavy (non-hydrogen) atoms. The summed E-state index contributed by atoms with van der Waals surface area (Å²) in [7, 11) is 0. The molecule has 0 saturated heterocycles. The second-order valence-corrected chi connectivity index (χ2v) is 4.85. The van der Waals surface area contributed by atoms with E-state index < -0.39 is 30.4 Å². The van der Waals surface area contributed by atoms with Crippen molar-refractivity contribution in [3.8, 4) is 0 Å². The Kier molecular flexibility index (Phi) is 6.60. The summed E-state index contributed by atoms with van der Waals surface area (Å²) in [6.07, 6.45) is 0.477. The SMILES string of the molecule is CCOC(=O)NC(=O)COC(=O)c1cccnc1Nc1ccccc1F. The van der Waals surface area contributed by atoms with Gasteiger partial charge in [0.25, 0.3) is 5.91 Å². The van der Waals surface area contributed by atoms with Gasteiger partial charge in [-0.3, -0.25) is 10.1 Å². The molecule has 2 rings (SSSR count). The number of carbonyl (C=O) groups excluding carboxylic acids is 3. The number of para-hydroxylation sites is 1. The maximum atomic E-state index is 13.7. The third kappa shape index (κ3) is 5.26. The zero-order valence-corrected chi connectivity index (χ0v) is 13.8. The zero-order chi connectivity index (χ0) is 18.9. The van der Waals surface area contributed by atoms with E-state index in [9.17, 15) is 18.8 Å². The van der Waals surface area contributed by atoms with Crippen molar-refractivity contribution in [1.82, 2.24) is 10.3 Å². The first-order valence-corrected chi connectivity index (χ1v) is 7.61. The third-order valence-electron chi connectivity index (χ3n) is 3.01. The lowest BCUT2D eigenvalue weighted by atomic mass is 10.2. The summed E-state index contributed by atoms with van der Waals surface area (Å²) in [6, 6.07) is 8.76. The molecule has 1 aromatic carbocycles. The first-order valence-electron chi connectivity index (χ1n) is 7.61. The van der Waals surface area contributed by atoms with Crippen molar-refractivity contribution in [3.05, 3.63) is 54.0 Å². The number of esters is 1. The molecule has 0 radical (unpaired) electrons. The number of amides is 2. The molecule has 8 nitrogen and oxygen atoms in total. The van der Waals surface area contributed by atoms with Crippen LogP contribution in [0.15, 0.2) is 42.6 Å². The lowest BCUT2D eigenvalue weighted by Crippen LogP contribution is -2.34. The number of hydrogen-bond acceptors (Lipinski definition) is 7. The molecule has 0 atom stereocenters. The van der Waals surface area contributed by atoms with Crippen LogP contribution in [0.3, 0.4) is 0 Å². The minimum absolute atomic E-state index is 0.000289. The highest BCUT2D eigenvalue weighted by atomic mass is 19.1. The monoisotopic (exact) mass is 361 g/mol. The number of pyridine rings is 1. The van der Waals surface area contributed by atoms with Crippen molar-refractivity contribution in [2.24, 2.45) is 0 Å². The summed E-state index contributed by atoms with van der Waals surface area (Å²) in [5.74, 6) is -2.17. The van der Waals surface area contributed by atoms with Crippen molar-refractivity contribution in [1.29, 1.82) is 0 Å². The number of ether oxygens (including phenoxy) is 2. The van der Waals surface area contributed by atoms with Gasteiger partial charge in [-0.05, 0) is 31.2 Å². The largest absolute Gasteiger partial charge is 0.452 e. The van der Waals surface area contributed by atoms with Crippen LogP contribution >= 0.6 is 0 Å². The molecular weight excluding hydrogens is 345 g/mol. The van der Waals surface area contributed by atoms with Crippen molar-refractivity contribution in [3.63, 3.8) is 0 Å². The Morgan fingerprint density at radius 1 is 1.12 bits per heavy atom. The summed E-state index contributed by atoms with van der Waals surface area (Å²) in [5.41, 5.74) is 0.125. The number of benzene rings is 1. The van der Waals surface area contributed by atoms with Crippen LogP contribution in [-0.4, -0.2) is 36.2 Å². The number of alkyl carbamates (subject to hydrolysis) is 1. The van der Waals surface area contributed by atoms with Crippen LogP contribution in [0.5, 0.6) is 0 Å². The molecule has 2 N–H and O–H groups in total. The average molecular weight is 361 g/mol. The van der Waals surface area contributed by atoms with E-state index in [1.165, 1.54) is 36.5 Å². The van der Waals surface area contributed by atoms with Gasteiger partial charge in [-0.1, -0.05) is 12.1 Å². The van der Waals surface area contributed by atoms with Gasteiger partial charge in [0.05, 0.1) is 12.3 Å². The number of nitrogens with one attached hydrogen (secondary N) is 2. The molecule has 1 heterocycles. The lowest BCUT2D eigenvalue weighted by molar-refractivity contribution is -0.123. The molecule has 136 valence electrons. The van der Waals surface area contributed by atoms with E-state index in [0.717, 1.165) is 0 Å². The van der Waals surface area contributed by atoms with Gasteiger partial charge >= 0.3 is 12.1 Å². The average Bonchev–Trinajstić information content (AvgIpc) is 2.62. The Balaban J connectivity index is 2.02. The summed E-state index contributed by atoms with van der Waals surface area (Å²) < 4.78 is 23.1. The number of anilines is 2. The van der Waals surface area contributed by atoms with E-state index in [-0.39, 0.29) is 23.7 Å². The zero-order valence-electron chi connectivity index (χ0n) is 13.8. The van der Waals surface area contributed by atoms with E-state index in [1.807, 2.05) is 5.32 Å². The molecule has 2 aromatic rings. The quantitative estimate of drug-likeness (QED) is 0.761. The highest BCUT2D eigenvalue weighted by Gasteiger charge is 2.17. The van der Waals surface area contributed by atoms with Gasteiger partial charge < -0.3 is 14.8 Å². The highest BCUT2D eigenvalue weighted by Crippen LogP contribution is 2.21. The van der Waals surface area contributed by atoms with Crippen LogP contribution in [0.4, 0.5) is 20.7 Å². The third-order valence-corrected chi connectivity index (χ3v) is 3.01. The Bertz CT molecular complexity index is 812. The van der Waals surface area contributed by atoms with Gasteiger partial charge in [-0.25, -0.2) is 19.0 Å². The first-order chi connectivity index (χ1) is 12.5. The van der Waals surface area contributed by atoms with Gasteiger partial charge in [0.1, 0.15) is 17.2 Å². The van der Waals surface area contributed by atoms with E-state index >= 15 is 0 Å². The van der Waals surface area contributed by atoms with Gasteiger partial charge in [-0.15, -0.1) is 0 Å². The molecule has 0 saturated carbocycles. The minimum atomic E-state index is -0.933. The summed E-state index contributed by atoms with van der Waals surface area (Å²) in [6.45, 7) is 0.988. The van der Waals surface area contributed by atoms with Gasteiger partial charge in [0.15, 0.2) is 6.61 Å². The number of rotatable bonds is 6. The smallest absolute Gasteiger partial charge is 0.413 e. The summed E-state index contributed by atoms with van der Waals surface area (Å²) in [4.78, 5) is 38.8. The number of imide groups is 1. The van der Waals surface area contributed by atoms with E-state index in [0.29, 0.717) is 0 Å². The Labute approximate surface area is 148 Å². The number of carbonyl (C=O) groups is 3. The molecule has 0 aliphatic heterocycles. The van der Waals surface area contributed by atoms with Crippen molar-refractivity contribution in [2.45, 2.75) is 6.92 Å². The second-order valence-electron chi connectivity index (χ2n) is 4.85. The fourth-order valence-electron chi connectivity index (χ4n) is 1.89. The predicted molar refractivity (Wildman–Crippen MR) is 89.4 cm³/mol. The normalized spacial score (nSPS) is 9.92. The van der Waals surface area contributed by atoms with Crippen molar-refractivity contribution >= 4 is 29.5 Å². The maximum Gasteiger partial charge on any atom is 0.413 e. The van der Waals surface area contributed by atoms with Crippen LogP contribution in [0.25, 0.3) is 0 Å². The molecule has 2 amide bonds. The molecule has 0 fully saturated rings. The van der Waals surface area contributed by atoms with Crippen LogP contribution in [-0.2, 0) is 14.3 Å². The van der Waals surface area contributed by atoms with Crippen LogP contribution in [0.2, 0.25) is 0 Å². The summed E-state index contributed by atoms with van der Waals surface area (Å²) >= 11 is 0. The minimum Gasteiger partial charge on any atom is -0.452 e.